The molecule has 30 heavy (non-hydrogen) atoms. The third-order valence-electron chi connectivity index (χ3n) is 4.59. The number of carbonyl (C=O) groups is 1. The van der Waals surface area contributed by atoms with Gasteiger partial charge in [-0.2, -0.15) is 10.2 Å². The molecule has 1 aromatic heterocycles. The first kappa shape index (κ1) is 19.6. The number of rotatable bonds is 5. The Morgan fingerprint density at radius 2 is 1.67 bits per heavy atom. The molecule has 0 radical (unpaired) electrons. The molecule has 6 heteroatoms. The molecule has 0 saturated heterocycles. The van der Waals surface area contributed by atoms with Gasteiger partial charge < -0.3 is 0 Å². The Balaban J connectivity index is 1.67. The lowest BCUT2D eigenvalue weighted by molar-refractivity contribution is 0.0955. The lowest BCUT2D eigenvalue weighted by Crippen LogP contribution is -2.19. The van der Waals surface area contributed by atoms with Crippen molar-refractivity contribution in [2.24, 2.45) is 5.10 Å². The average molecular weight is 415 g/mol. The van der Waals surface area contributed by atoms with E-state index >= 15 is 0 Å². The maximum absolute atomic E-state index is 13.0. The quantitative estimate of drug-likeness (QED) is 0.353. The van der Waals surface area contributed by atoms with Crippen molar-refractivity contribution in [3.8, 4) is 16.9 Å². The van der Waals surface area contributed by atoms with Crippen molar-refractivity contribution in [3.05, 3.63) is 107 Å². The highest BCUT2D eigenvalue weighted by Crippen LogP contribution is 2.23. The highest BCUT2D eigenvalue weighted by molar-refractivity contribution is 6.31. The van der Waals surface area contributed by atoms with Crippen molar-refractivity contribution in [1.29, 1.82) is 0 Å². The molecular formula is C24H19ClN4O. The summed E-state index contributed by atoms with van der Waals surface area (Å²) in [5.74, 6) is -0.336. The van der Waals surface area contributed by atoms with E-state index in [1.54, 1.807) is 23.0 Å². The first-order valence-electron chi connectivity index (χ1n) is 9.43. The van der Waals surface area contributed by atoms with E-state index in [0.717, 1.165) is 16.8 Å². The van der Waals surface area contributed by atoms with Gasteiger partial charge in [0, 0.05) is 16.8 Å². The van der Waals surface area contributed by atoms with Crippen LogP contribution in [0.1, 0.15) is 22.8 Å². The number of nitrogens with one attached hydrogen (secondary N) is 1. The molecule has 0 aliphatic carbocycles. The van der Waals surface area contributed by atoms with E-state index in [9.17, 15) is 4.79 Å². The van der Waals surface area contributed by atoms with Gasteiger partial charge in [-0.3, -0.25) is 4.79 Å². The molecule has 3 aromatic carbocycles. The number of hydrogen-bond acceptors (Lipinski definition) is 3. The monoisotopic (exact) mass is 414 g/mol. The minimum Gasteiger partial charge on any atom is -0.267 e. The first-order chi connectivity index (χ1) is 14.6. The minimum atomic E-state index is -0.336. The summed E-state index contributed by atoms with van der Waals surface area (Å²) in [6, 6.07) is 26.6. The number of carbonyl (C=O) groups excluding carboxylic acids is 1. The molecule has 4 rings (SSSR count). The van der Waals surface area contributed by atoms with Gasteiger partial charge in [-0.1, -0.05) is 72.3 Å². The number of hydrazone groups is 1. The van der Waals surface area contributed by atoms with Gasteiger partial charge in [-0.25, -0.2) is 10.1 Å². The van der Waals surface area contributed by atoms with Crippen LogP contribution in [0.5, 0.6) is 0 Å². The molecule has 1 N–H and O–H groups in total. The number of amides is 1. The van der Waals surface area contributed by atoms with Crippen molar-refractivity contribution in [2.75, 3.05) is 0 Å². The highest BCUT2D eigenvalue weighted by atomic mass is 35.5. The number of halogens is 1. The molecule has 0 atom stereocenters. The van der Waals surface area contributed by atoms with Crippen LogP contribution in [0.25, 0.3) is 16.9 Å². The van der Waals surface area contributed by atoms with Gasteiger partial charge in [0.25, 0.3) is 5.91 Å². The summed E-state index contributed by atoms with van der Waals surface area (Å²) in [7, 11) is 0. The second kappa shape index (κ2) is 8.76. The normalized spacial score (nSPS) is 11.3. The first-order valence-corrected chi connectivity index (χ1v) is 9.81. The summed E-state index contributed by atoms with van der Waals surface area (Å²) in [5, 5.41) is 9.52. The smallest absolute Gasteiger partial charge is 0.267 e. The van der Waals surface area contributed by atoms with Crippen molar-refractivity contribution in [2.45, 2.75) is 6.92 Å². The fraction of sp³-hybridized carbons (Fsp3) is 0.0417. The van der Waals surface area contributed by atoms with E-state index in [4.69, 9.17) is 11.6 Å². The number of benzene rings is 3. The Kier molecular flexibility index (Phi) is 5.72. The summed E-state index contributed by atoms with van der Waals surface area (Å²) < 4.78 is 1.70. The molecule has 1 heterocycles. The number of aromatic nitrogens is 2. The van der Waals surface area contributed by atoms with Gasteiger partial charge in [0.1, 0.15) is 5.69 Å². The van der Waals surface area contributed by atoms with Crippen LogP contribution in [-0.4, -0.2) is 21.4 Å². The molecule has 0 aliphatic rings. The van der Waals surface area contributed by atoms with E-state index in [-0.39, 0.29) is 5.91 Å². The van der Waals surface area contributed by atoms with Crippen LogP contribution < -0.4 is 5.43 Å². The zero-order chi connectivity index (χ0) is 20.9. The summed E-state index contributed by atoms with van der Waals surface area (Å²) in [5.41, 5.74) is 6.89. The molecule has 1 amide bonds. The Hall–Kier alpha value is -3.70. The van der Waals surface area contributed by atoms with Gasteiger partial charge in [0.15, 0.2) is 0 Å². The predicted molar refractivity (Wildman–Crippen MR) is 120 cm³/mol. The summed E-state index contributed by atoms with van der Waals surface area (Å²) >= 11 is 6.04. The molecule has 0 bridgehead atoms. The topological polar surface area (TPSA) is 59.3 Å². The molecule has 0 saturated carbocycles. The van der Waals surface area contributed by atoms with Crippen molar-refractivity contribution in [3.63, 3.8) is 0 Å². The Bertz CT molecular complexity index is 1200. The standard InChI is InChI=1S/C24H19ClN4O/c1-17(19-11-8-12-20(25)15-19)26-27-24(30)22-16-29(21-13-6-3-7-14-21)28-23(22)18-9-4-2-5-10-18/h2-16H,1H3,(H,27,30)/b26-17-. The van der Waals surface area contributed by atoms with Crippen molar-refractivity contribution in [1.82, 2.24) is 15.2 Å². The number of nitrogens with zero attached hydrogens (tertiary/aromatic N) is 3. The fourth-order valence-corrected chi connectivity index (χ4v) is 3.23. The molecule has 5 nitrogen and oxygen atoms in total. The van der Waals surface area contributed by atoms with E-state index in [2.05, 4.69) is 15.6 Å². The van der Waals surface area contributed by atoms with E-state index in [1.807, 2.05) is 79.7 Å². The van der Waals surface area contributed by atoms with Gasteiger partial charge in [0.05, 0.1) is 17.0 Å². The molecule has 0 unspecified atom stereocenters. The summed E-state index contributed by atoms with van der Waals surface area (Å²) in [6.07, 6.45) is 1.72. The van der Waals surface area contributed by atoms with Crippen LogP contribution in [-0.2, 0) is 0 Å². The van der Waals surface area contributed by atoms with Gasteiger partial charge in [0.2, 0.25) is 0 Å². The van der Waals surface area contributed by atoms with E-state index in [0.29, 0.717) is 22.0 Å². The maximum atomic E-state index is 13.0. The van der Waals surface area contributed by atoms with E-state index in [1.165, 1.54) is 0 Å². The summed E-state index contributed by atoms with van der Waals surface area (Å²) in [6.45, 7) is 1.82. The van der Waals surface area contributed by atoms with Crippen LogP contribution >= 0.6 is 11.6 Å². The van der Waals surface area contributed by atoms with E-state index < -0.39 is 0 Å². The second-order valence-electron chi connectivity index (χ2n) is 6.69. The van der Waals surface area contributed by atoms with Crippen LogP contribution in [0.15, 0.2) is 96.2 Å². The van der Waals surface area contributed by atoms with Crippen molar-refractivity contribution < 1.29 is 4.79 Å². The minimum absolute atomic E-state index is 0.336. The zero-order valence-corrected chi connectivity index (χ0v) is 17.0. The largest absolute Gasteiger partial charge is 0.275 e. The van der Waals surface area contributed by atoms with Crippen molar-refractivity contribution >= 4 is 23.2 Å². The van der Waals surface area contributed by atoms with Crippen LogP contribution in [0, 0.1) is 0 Å². The van der Waals surface area contributed by atoms with Gasteiger partial charge >= 0.3 is 0 Å². The summed E-state index contributed by atoms with van der Waals surface area (Å²) in [4.78, 5) is 13.0. The average Bonchev–Trinajstić information content (AvgIpc) is 3.24. The predicted octanol–water partition coefficient (Wildman–Crippen LogP) is 5.35. The van der Waals surface area contributed by atoms with Crippen LogP contribution in [0.3, 0.4) is 0 Å². The third-order valence-corrected chi connectivity index (χ3v) is 4.83. The highest BCUT2D eigenvalue weighted by Gasteiger charge is 2.18. The molecule has 4 aromatic rings. The number of hydrogen-bond donors (Lipinski definition) is 1. The number of para-hydroxylation sites is 1. The molecule has 0 aliphatic heterocycles. The Morgan fingerprint density at radius 3 is 2.37 bits per heavy atom. The van der Waals surface area contributed by atoms with Crippen LogP contribution in [0.2, 0.25) is 5.02 Å². The van der Waals surface area contributed by atoms with Gasteiger partial charge in [-0.15, -0.1) is 0 Å². The third kappa shape index (κ3) is 4.31. The van der Waals surface area contributed by atoms with Crippen LogP contribution in [0.4, 0.5) is 0 Å². The second-order valence-corrected chi connectivity index (χ2v) is 7.12. The lowest BCUT2D eigenvalue weighted by Gasteiger charge is -2.04. The Labute approximate surface area is 179 Å². The maximum Gasteiger partial charge on any atom is 0.275 e. The Morgan fingerprint density at radius 1 is 0.967 bits per heavy atom. The zero-order valence-electron chi connectivity index (χ0n) is 16.3. The fourth-order valence-electron chi connectivity index (χ4n) is 3.04. The molecular weight excluding hydrogens is 396 g/mol. The molecule has 0 fully saturated rings. The lowest BCUT2D eigenvalue weighted by atomic mass is 10.1. The molecule has 148 valence electrons. The SMILES string of the molecule is C/C(=N/NC(=O)c1cn(-c2ccccc2)nc1-c1ccccc1)c1cccc(Cl)c1. The molecule has 0 spiro atoms. The van der Waals surface area contributed by atoms with Gasteiger partial charge in [-0.05, 0) is 36.8 Å².